The average molecular weight is 244 g/mol. The zero-order valence-electron chi connectivity index (χ0n) is 10.7. The third kappa shape index (κ3) is 2.35. The highest BCUT2D eigenvalue weighted by atomic mass is 16.3. The molecule has 1 aliphatic carbocycles. The second-order valence-electron chi connectivity index (χ2n) is 5.32. The van der Waals surface area contributed by atoms with Crippen molar-refractivity contribution in [3.05, 3.63) is 24.1 Å². The van der Waals surface area contributed by atoms with Crippen molar-refractivity contribution in [3.63, 3.8) is 0 Å². The average Bonchev–Trinajstić information content (AvgIpc) is 2.71. The summed E-state index contributed by atoms with van der Waals surface area (Å²) in [4.78, 5) is 4.62. The monoisotopic (exact) mass is 244 g/mol. The Hall–Kier alpha value is -1.51. The maximum Gasteiger partial charge on any atom is 0.198 e. The minimum atomic E-state index is 0.499. The molecule has 1 saturated carbocycles. The van der Waals surface area contributed by atoms with Gasteiger partial charge in [0.05, 0.1) is 0 Å². The summed E-state index contributed by atoms with van der Waals surface area (Å²) in [7, 11) is 0. The Balaban J connectivity index is 1.87. The molecule has 0 amide bonds. The Morgan fingerprint density at radius 2 is 1.78 bits per heavy atom. The molecule has 0 atom stereocenters. The van der Waals surface area contributed by atoms with Crippen molar-refractivity contribution >= 4 is 16.8 Å². The SMILES string of the molecule is Nc1ccc2oc(C3CCCCCCC3)nc2c1. The van der Waals surface area contributed by atoms with Crippen LogP contribution in [0.2, 0.25) is 0 Å². The fraction of sp³-hybridized carbons (Fsp3) is 0.533. The highest BCUT2D eigenvalue weighted by molar-refractivity contribution is 5.76. The summed E-state index contributed by atoms with van der Waals surface area (Å²) in [5.74, 6) is 1.41. The van der Waals surface area contributed by atoms with Gasteiger partial charge in [-0.15, -0.1) is 0 Å². The number of oxazole rings is 1. The van der Waals surface area contributed by atoms with Crippen molar-refractivity contribution in [3.8, 4) is 0 Å². The molecule has 0 radical (unpaired) electrons. The van der Waals surface area contributed by atoms with Gasteiger partial charge in [-0.3, -0.25) is 0 Å². The van der Waals surface area contributed by atoms with E-state index in [0.717, 1.165) is 22.7 Å². The second kappa shape index (κ2) is 5.01. The topological polar surface area (TPSA) is 52.0 Å². The van der Waals surface area contributed by atoms with E-state index in [-0.39, 0.29) is 0 Å². The molecule has 1 fully saturated rings. The summed E-state index contributed by atoms with van der Waals surface area (Å²) in [5, 5.41) is 0. The molecule has 18 heavy (non-hydrogen) atoms. The van der Waals surface area contributed by atoms with E-state index in [0.29, 0.717) is 5.92 Å². The summed E-state index contributed by atoms with van der Waals surface area (Å²) < 4.78 is 5.89. The van der Waals surface area contributed by atoms with Gasteiger partial charge < -0.3 is 10.2 Å². The first-order chi connectivity index (χ1) is 8.83. The maximum absolute atomic E-state index is 5.89. The fourth-order valence-corrected chi connectivity index (χ4v) is 2.84. The minimum Gasteiger partial charge on any atom is -0.440 e. The van der Waals surface area contributed by atoms with Crippen molar-refractivity contribution in [2.75, 3.05) is 5.73 Å². The molecular formula is C15H20N2O. The van der Waals surface area contributed by atoms with E-state index in [1.165, 1.54) is 44.9 Å². The molecule has 1 heterocycles. The summed E-state index contributed by atoms with van der Waals surface area (Å²) in [6.07, 6.45) is 9.10. The summed E-state index contributed by atoms with van der Waals surface area (Å²) in [6.45, 7) is 0. The predicted octanol–water partition coefficient (Wildman–Crippen LogP) is 4.24. The minimum absolute atomic E-state index is 0.499. The van der Waals surface area contributed by atoms with Gasteiger partial charge >= 0.3 is 0 Å². The van der Waals surface area contributed by atoms with Crippen LogP contribution in [0.1, 0.15) is 56.8 Å². The van der Waals surface area contributed by atoms with Crippen LogP contribution in [0.5, 0.6) is 0 Å². The lowest BCUT2D eigenvalue weighted by Gasteiger charge is -2.16. The van der Waals surface area contributed by atoms with E-state index in [4.69, 9.17) is 10.2 Å². The van der Waals surface area contributed by atoms with Gasteiger partial charge in [-0.25, -0.2) is 4.98 Å². The Bertz CT molecular complexity index is 524. The Labute approximate surface area is 107 Å². The second-order valence-corrected chi connectivity index (χ2v) is 5.32. The maximum atomic E-state index is 5.89. The zero-order valence-corrected chi connectivity index (χ0v) is 10.7. The number of rotatable bonds is 1. The molecule has 1 aromatic heterocycles. The third-order valence-corrected chi connectivity index (χ3v) is 3.88. The molecule has 2 N–H and O–H groups in total. The van der Waals surface area contributed by atoms with Crippen LogP contribution in [0.15, 0.2) is 22.6 Å². The molecule has 1 aliphatic rings. The molecule has 96 valence electrons. The molecule has 0 saturated heterocycles. The molecule has 3 rings (SSSR count). The molecule has 1 aromatic carbocycles. The van der Waals surface area contributed by atoms with Gasteiger partial charge in [-0.1, -0.05) is 32.1 Å². The largest absolute Gasteiger partial charge is 0.440 e. The Morgan fingerprint density at radius 1 is 1.06 bits per heavy atom. The zero-order chi connectivity index (χ0) is 12.4. The lowest BCUT2D eigenvalue weighted by Crippen LogP contribution is -2.02. The summed E-state index contributed by atoms with van der Waals surface area (Å²) in [5.41, 5.74) is 8.28. The number of hydrogen-bond donors (Lipinski definition) is 1. The fourth-order valence-electron chi connectivity index (χ4n) is 2.84. The van der Waals surface area contributed by atoms with E-state index >= 15 is 0 Å². The molecule has 0 aliphatic heterocycles. The van der Waals surface area contributed by atoms with Crippen LogP contribution in [0.3, 0.4) is 0 Å². The number of hydrogen-bond acceptors (Lipinski definition) is 3. The number of benzene rings is 1. The normalized spacial score (nSPS) is 18.7. The number of nitrogen functional groups attached to an aromatic ring is 1. The number of aromatic nitrogens is 1. The number of anilines is 1. The molecule has 2 aromatic rings. The molecular weight excluding hydrogens is 224 g/mol. The van der Waals surface area contributed by atoms with Crippen LogP contribution >= 0.6 is 0 Å². The molecule has 0 spiro atoms. The van der Waals surface area contributed by atoms with Gasteiger partial charge in [0.1, 0.15) is 5.52 Å². The Kier molecular flexibility index (Phi) is 3.22. The lowest BCUT2D eigenvalue weighted by molar-refractivity contribution is 0.387. The predicted molar refractivity (Wildman–Crippen MR) is 73.5 cm³/mol. The quantitative estimate of drug-likeness (QED) is 0.763. The van der Waals surface area contributed by atoms with Gasteiger partial charge in [-0.05, 0) is 31.0 Å². The molecule has 3 heteroatoms. The standard InChI is InChI=1S/C15H20N2O/c16-12-8-9-14-13(10-12)17-15(18-14)11-6-4-2-1-3-5-7-11/h8-11H,1-7,16H2. The highest BCUT2D eigenvalue weighted by Gasteiger charge is 2.19. The smallest absolute Gasteiger partial charge is 0.198 e. The first kappa shape index (κ1) is 11.6. The first-order valence-electron chi connectivity index (χ1n) is 6.99. The first-order valence-corrected chi connectivity index (χ1v) is 6.99. The Morgan fingerprint density at radius 3 is 2.56 bits per heavy atom. The van der Waals surface area contributed by atoms with Crippen molar-refractivity contribution in [1.29, 1.82) is 0 Å². The van der Waals surface area contributed by atoms with Crippen LogP contribution in [-0.4, -0.2) is 4.98 Å². The van der Waals surface area contributed by atoms with E-state index in [2.05, 4.69) is 4.98 Å². The van der Waals surface area contributed by atoms with Crippen LogP contribution in [0.25, 0.3) is 11.1 Å². The van der Waals surface area contributed by atoms with Gasteiger partial charge in [0.25, 0.3) is 0 Å². The van der Waals surface area contributed by atoms with Crippen molar-refractivity contribution < 1.29 is 4.42 Å². The van der Waals surface area contributed by atoms with Crippen LogP contribution in [0, 0.1) is 0 Å². The highest BCUT2D eigenvalue weighted by Crippen LogP contribution is 2.32. The summed E-state index contributed by atoms with van der Waals surface area (Å²) >= 11 is 0. The lowest BCUT2D eigenvalue weighted by atomic mass is 9.91. The van der Waals surface area contributed by atoms with Crippen LogP contribution in [0.4, 0.5) is 5.69 Å². The van der Waals surface area contributed by atoms with Crippen LogP contribution < -0.4 is 5.73 Å². The van der Waals surface area contributed by atoms with Crippen molar-refractivity contribution in [2.24, 2.45) is 0 Å². The van der Waals surface area contributed by atoms with Crippen LogP contribution in [-0.2, 0) is 0 Å². The van der Waals surface area contributed by atoms with E-state index in [1.54, 1.807) is 0 Å². The van der Waals surface area contributed by atoms with Gasteiger partial charge in [-0.2, -0.15) is 0 Å². The molecule has 3 nitrogen and oxygen atoms in total. The molecule has 0 bridgehead atoms. The van der Waals surface area contributed by atoms with Crippen molar-refractivity contribution in [1.82, 2.24) is 4.98 Å². The summed E-state index contributed by atoms with van der Waals surface area (Å²) in [6, 6.07) is 5.69. The third-order valence-electron chi connectivity index (χ3n) is 3.88. The number of nitrogens with two attached hydrogens (primary N) is 1. The van der Waals surface area contributed by atoms with Gasteiger partial charge in [0.2, 0.25) is 0 Å². The van der Waals surface area contributed by atoms with E-state index < -0.39 is 0 Å². The number of nitrogens with zero attached hydrogens (tertiary/aromatic N) is 1. The van der Waals surface area contributed by atoms with E-state index in [9.17, 15) is 0 Å². The van der Waals surface area contributed by atoms with Gasteiger partial charge in [0.15, 0.2) is 11.5 Å². The number of fused-ring (bicyclic) bond motifs is 1. The molecule has 0 unspecified atom stereocenters. The van der Waals surface area contributed by atoms with Gasteiger partial charge in [0, 0.05) is 11.6 Å². The van der Waals surface area contributed by atoms with Crippen molar-refractivity contribution in [2.45, 2.75) is 50.9 Å². The van der Waals surface area contributed by atoms with E-state index in [1.807, 2.05) is 18.2 Å².